The number of anilines is 1. The molecule has 0 aromatic carbocycles. The fraction of sp³-hybridized carbons (Fsp3) is 0.600. The number of likely N-dealkylation sites (N-methyl/N-ethyl adjacent to an activating group) is 1. The maximum Gasteiger partial charge on any atom is 0.271 e. The van der Waals surface area contributed by atoms with Gasteiger partial charge in [0, 0.05) is 13.1 Å². The quantitative estimate of drug-likeness (QED) is 0.639. The zero-order chi connectivity index (χ0) is 12.0. The van der Waals surface area contributed by atoms with E-state index in [-0.39, 0.29) is 5.91 Å². The molecule has 6 heteroatoms. The second kappa shape index (κ2) is 6.12. The van der Waals surface area contributed by atoms with E-state index in [2.05, 4.69) is 34.3 Å². The lowest BCUT2D eigenvalue weighted by atomic mass is 10.3. The van der Waals surface area contributed by atoms with E-state index in [0.29, 0.717) is 17.9 Å². The molecule has 1 amide bonds. The van der Waals surface area contributed by atoms with Crippen LogP contribution in [0.25, 0.3) is 0 Å². The van der Waals surface area contributed by atoms with E-state index in [1.54, 1.807) is 0 Å². The van der Waals surface area contributed by atoms with Crippen LogP contribution in [-0.2, 0) is 0 Å². The van der Waals surface area contributed by atoms with E-state index in [0.717, 1.165) is 19.6 Å². The van der Waals surface area contributed by atoms with Crippen LogP contribution in [0.1, 0.15) is 24.3 Å². The lowest BCUT2D eigenvalue weighted by Gasteiger charge is -2.17. The Morgan fingerprint density at radius 3 is 2.75 bits per heavy atom. The molecule has 1 rings (SSSR count). The minimum atomic E-state index is -0.206. The number of rotatable bonds is 6. The summed E-state index contributed by atoms with van der Waals surface area (Å²) in [5.41, 5.74) is 6.27. The monoisotopic (exact) mass is 225 g/mol. The van der Waals surface area contributed by atoms with Gasteiger partial charge in [0.15, 0.2) is 0 Å². The van der Waals surface area contributed by atoms with Crippen LogP contribution in [-0.4, -0.2) is 47.2 Å². The van der Waals surface area contributed by atoms with Crippen LogP contribution in [0.15, 0.2) is 6.20 Å². The molecule has 0 aliphatic heterocycles. The highest BCUT2D eigenvalue weighted by atomic mass is 16.1. The van der Waals surface area contributed by atoms with Gasteiger partial charge in [0.1, 0.15) is 5.69 Å². The number of hydrogen-bond donors (Lipinski definition) is 3. The Balaban J connectivity index is 2.34. The Morgan fingerprint density at radius 2 is 2.25 bits per heavy atom. The predicted octanol–water partition coefficient (Wildman–Crippen LogP) is 0.0635. The van der Waals surface area contributed by atoms with Gasteiger partial charge < -0.3 is 16.0 Å². The molecule has 0 fully saturated rings. The van der Waals surface area contributed by atoms with Gasteiger partial charge in [-0.3, -0.25) is 9.89 Å². The molecule has 0 saturated heterocycles. The van der Waals surface area contributed by atoms with Crippen LogP contribution in [0.5, 0.6) is 0 Å². The van der Waals surface area contributed by atoms with Crippen molar-refractivity contribution in [2.75, 3.05) is 31.9 Å². The normalized spacial score (nSPS) is 10.7. The Morgan fingerprint density at radius 1 is 1.56 bits per heavy atom. The molecule has 0 spiro atoms. The first-order valence-corrected chi connectivity index (χ1v) is 5.48. The number of carbonyl (C=O) groups excluding carboxylic acids is 1. The van der Waals surface area contributed by atoms with Crippen molar-refractivity contribution in [2.24, 2.45) is 0 Å². The summed E-state index contributed by atoms with van der Waals surface area (Å²) in [7, 11) is 0. The number of nitrogens with zero attached hydrogens (tertiary/aromatic N) is 2. The van der Waals surface area contributed by atoms with E-state index >= 15 is 0 Å². The second-order valence-electron chi connectivity index (χ2n) is 3.48. The number of carbonyl (C=O) groups is 1. The third kappa shape index (κ3) is 3.23. The second-order valence-corrected chi connectivity index (χ2v) is 3.48. The standard InChI is InChI=1S/C10H19N5O/c1-3-15(4-2)6-5-12-10(16)9-8(11)7-13-14-9/h7H,3-6,11H2,1-2H3,(H,12,16)(H,13,14). The lowest BCUT2D eigenvalue weighted by molar-refractivity contribution is 0.0945. The Labute approximate surface area is 95.2 Å². The van der Waals surface area contributed by atoms with Crippen molar-refractivity contribution in [3.05, 3.63) is 11.9 Å². The third-order valence-electron chi connectivity index (χ3n) is 2.50. The van der Waals surface area contributed by atoms with Crippen LogP contribution in [0.4, 0.5) is 5.69 Å². The smallest absolute Gasteiger partial charge is 0.271 e. The fourth-order valence-corrected chi connectivity index (χ4v) is 1.43. The average molecular weight is 225 g/mol. The van der Waals surface area contributed by atoms with Gasteiger partial charge in [-0.15, -0.1) is 0 Å². The molecule has 0 saturated carbocycles. The number of nitrogens with two attached hydrogens (primary N) is 1. The van der Waals surface area contributed by atoms with Gasteiger partial charge in [0.2, 0.25) is 0 Å². The molecule has 1 aromatic heterocycles. The highest BCUT2D eigenvalue weighted by molar-refractivity contribution is 5.96. The van der Waals surface area contributed by atoms with Crippen molar-refractivity contribution in [2.45, 2.75) is 13.8 Å². The Bertz CT molecular complexity index is 332. The maximum absolute atomic E-state index is 11.6. The molecule has 0 aliphatic rings. The van der Waals surface area contributed by atoms with Crippen LogP contribution in [0.3, 0.4) is 0 Å². The Kier molecular flexibility index (Phi) is 4.78. The zero-order valence-electron chi connectivity index (χ0n) is 9.79. The van der Waals surface area contributed by atoms with E-state index in [9.17, 15) is 4.79 Å². The summed E-state index contributed by atoms with van der Waals surface area (Å²) < 4.78 is 0. The van der Waals surface area contributed by atoms with E-state index in [1.807, 2.05) is 0 Å². The van der Waals surface area contributed by atoms with Crippen molar-refractivity contribution in [3.63, 3.8) is 0 Å². The summed E-state index contributed by atoms with van der Waals surface area (Å²) in [6.45, 7) is 7.61. The van der Waals surface area contributed by atoms with Crippen molar-refractivity contribution in [1.82, 2.24) is 20.4 Å². The molecule has 16 heavy (non-hydrogen) atoms. The number of aromatic amines is 1. The van der Waals surface area contributed by atoms with Gasteiger partial charge in [-0.1, -0.05) is 13.8 Å². The largest absolute Gasteiger partial charge is 0.396 e. The molecule has 0 bridgehead atoms. The molecule has 1 heterocycles. The van der Waals surface area contributed by atoms with Crippen molar-refractivity contribution in [1.29, 1.82) is 0 Å². The maximum atomic E-state index is 11.6. The number of hydrogen-bond acceptors (Lipinski definition) is 4. The number of H-pyrrole nitrogens is 1. The molecule has 0 atom stereocenters. The van der Waals surface area contributed by atoms with Gasteiger partial charge in [-0.05, 0) is 13.1 Å². The summed E-state index contributed by atoms with van der Waals surface area (Å²) in [4.78, 5) is 13.8. The summed E-state index contributed by atoms with van der Waals surface area (Å²) in [5, 5.41) is 9.06. The van der Waals surface area contributed by atoms with Crippen molar-refractivity contribution < 1.29 is 4.79 Å². The molecule has 90 valence electrons. The van der Waals surface area contributed by atoms with Gasteiger partial charge in [0.25, 0.3) is 5.91 Å². The van der Waals surface area contributed by atoms with Crippen LogP contribution < -0.4 is 11.1 Å². The van der Waals surface area contributed by atoms with Gasteiger partial charge in [0.05, 0.1) is 11.9 Å². The predicted molar refractivity (Wildman–Crippen MR) is 63.1 cm³/mol. The van der Waals surface area contributed by atoms with Gasteiger partial charge >= 0.3 is 0 Å². The molecule has 0 radical (unpaired) electrons. The number of nitrogens with one attached hydrogen (secondary N) is 2. The highest BCUT2D eigenvalue weighted by Gasteiger charge is 2.10. The molecule has 1 aromatic rings. The first-order valence-electron chi connectivity index (χ1n) is 5.48. The Hall–Kier alpha value is -1.56. The summed E-state index contributed by atoms with van der Waals surface area (Å²) >= 11 is 0. The molecule has 6 nitrogen and oxygen atoms in total. The van der Waals surface area contributed by atoms with Gasteiger partial charge in [-0.2, -0.15) is 5.10 Å². The number of amides is 1. The summed E-state index contributed by atoms with van der Waals surface area (Å²) in [5.74, 6) is -0.206. The molecule has 0 aliphatic carbocycles. The summed E-state index contributed by atoms with van der Waals surface area (Å²) in [6, 6.07) is 0. The third-order valence-corrected chi connectivity index (χ3v) is 2.50. The van der Waals surface area contributed by atoms with Crippen molar-refractivity contribution in [3.8, 4) is 0 Å². The van der Waals surface area contributed by atoms with E-state index < -0.39 is 0 Å². The lowest BCUT2D eigenvalue weighted by Crippen LogP contribution is -2.35. The first kappa shape index (κ1) is 12.5. The molecule has 0 unspecified atom stereocenters. The molecule has 4 N–H and O–H groups in total. The van der Waals surface area contributed by atoms with Crippen molar-refractivity contribution >= 4 is 11.6 Å². The zero-order valence-corrected chi connectivity index (χ0v) is 9.79. The number of aromatic nitrogens is 2. The average Bonchev–Trinajstić information content (AvgIpc) is 2.70. The topological polar surface area (TPSA) is 87.0 Å². The molecular weight excluding hydrogens is 206 g/mol. The summed E-state index contributed by atoms with van der Waals surface area (Å²) in [6.07, 6.45) is 1.43. The van der Waals surface area contributed by atoms with Crippen LogP contribution >= 0.6 is 0 Å². The van der Waals surface area contributed by atoms with Crippen LogP contribution in [0.2, 0.25) is 0 Å². The van der Waals surface area contributed by atoms with E-state index in [1.165, 1.54) is 6.20 Å². The number of nitrogen functional groups attached to an aromatic ring is 1. The minimum absolute atomic E-state index is 0.206. The van der Waals surface area contributed by atoms with Crippen LogP contribution in [0, 0.1) is 0 Å². The van der Waals surface area contributed by atoms with E-state index in [4.69, 9.17) is 5.73 Å². The highest BCUT2D eigenvalue weighted by Crippen LogP contribution is 2.04. The molecular formula is C10H19N5O. The minimum Gasteiger partial charge on any atom is -0.396 e. The first-order chi connectivity index (χ1) is 7.69. The van der Waals surface area contributed by atoms with Gasteiger partial charge in [-0.25, -0.2) is 0 Å². The fourth-order valence-electron chi connectivity index (χ4n) is 1.43. The SMILES string of the molecule is CCN(CC)CCNC(=O)c1[nH]ncc1N.